The second-order valence-corrected chi connectivity index (χ2v) is 8.43. The van der Waals surface area contributed by atoms with Gasteiger partial charge in [0.2, 0.25) is 5.91 Å². The molecule has 2 aromatic carbocycles. The Morgan fingerprint density at radius 3 is 2.31 bits per heavy atom. The van der Waals surface area contributed by atoms with Crippen molar-refractivity contribution in [2.24, 2.45) is 0 Å². The number of nitrogens with zero attached hydrogens (tertiary/aromatic N) is 1. The van der Waals surface area contributed by atoms with Crippen LogP contribution in [0.2, 0.25) is 0 Å². The largest absolute Gasteiger partial charge is 0.452 e. The standard InChI is InChI=1S/C26H34N4O5/c1-5-14-30(16-23(31)29-22-9-7-6-8-19(22)4)24(32)17-35-25(33)21-12-10-20(11-13-21)15-27-26(34)28-18(2)3/h6-13,18H,5,14-17H2,1-4H3,(H,29,31)(H2,27,28,34). The molecule has 2 aromatic rings. The SMILES string of the molecule is CCCN(CC(=O)Nc1ccccc1C)C(=O)COC(=O)c1ccc(CNC(=O)NC(C)C)cc1. The zero-order chi connectivity index (χ0) is 25.8. The van der Waals surface area contributed by atoms with Crippen LogP contribution < -0.4 is 16.0 Å². The molecular formula is C26H34N4O5. The van der Waals surface area contributed by atoms with E-state index in [1.54, 1.807) is 30.3 Å². The Morgan fingerprint density at radius 1 is 1.00 bits per heavy atom. The van der Waals surface area contributed by atoms with Crippen LogP contribution in [-0.4, -0.2) is 54.5 Å². The minimum Gasteiger partial charge on any atom is -0.452 e. The van der Waals surface area contributed by atoms with Crippen molar-refractivity contribution < 1.29 is 23.9 Å². The molecule has 0 aliphatic rings. The number of urea groups is 1. The van der Waals surface area contributed by atoms with Crippen LogP contribution in [0.5, 0.6) is 0 Å². The van der Waals surface area contributed by atoms with Crippen LogP contribution in [0.1, 0.15) is 48.7 Å². The molecule has 0 fully saturated rings. The lowest BCUT2D eigenvalue weighted by Gasteiger charge is -2.21. The van der Waals surface area contributed by atoms with Gasteiger partial charge in [-0.25, -0.2) is 9.59 Å². The molecule has 0 spiro atoms. The predicted molar refractivity (Wildman–Crippen MR) is 134 cm³/mol. The Bertz CT molecular complexity index is 1020. The average molecular weight is 483 g/mol. The lowest BCUT2D eigenvalue weighted by Crippen LogP contribution is -2.40. The van der Waals surface area contributed by atoms with E-state index in [1.807, 2.05) is 45.9 Å². The Morgan fingerprint density at radius 2 is 1.69 bits per heavy atom. The third kappa shape index (κ3) is 9.48. The fourth-order valence-electron chi connectivity index (χ4n) is 3.19. The molecule has 0 aliphatic carbocycles. The van der Waals surface area contributed by atoms with Gasteiger partial charge in [-0.3, -0.25) is 9.59 Å². The number of hydrogen-bond acceptors (Lipinski definition) is 5. The van der Waals surface area contributed by atoms with Crippen molar-refractivity contribution in [2.45, 2.75) is 46.7 Å². The number of rotatable bonds is 11. The lowest BCUT2D eigenvalue weighted by molar-refractivity contribution is -0.137. The zero-order valence-corrected chi connectivity index (χ0v) is 20.7. The number of aryl methyl sites for hydroxylation is 1. The van der Waals surface area contributed by atoms with Gasteiger partial charge in [-0.1, -0.05) is 37.3 Å². The van der Waals surface area contributed by atoms with Crippen LogP contribution in [0.25, 0.3) is 0 Å². The number of anilines is 1. The second-order valence-electron chi connectivity index (χ2n) is 8.43. The van der Waals surface area contributed by atoms with Crippen LogP contribution in [-0.2, 0) is 20.9 Å². The highest BCUT2D eigenvalue weighted by Crippen LogP contribution is 2.13. The molecule has 2 rings (SSSR count). The van der Waals surface area contributed by atoms with Crippen LogP contribution >= 0.6 is 0 Å². The number of carbonyl (C=O) groups is 4. The smallest absolute Gasteiger partial charge is 0.338 e. The second kappa shape index (κ2) is 13.7. The fraction of sp³-hybridized carbons (Fsp3) is 0.385. The highest BCUT2D eigenvalue weighted by atomic mass is 16.5. The molecule has 0 bridgehead atoms. The number of benzene rings is 2. The van der Waals surface area contributed by atoms with Gasteiger partial charge in [-0.2, -0.15) is 0 Å². The molecule has 0 aromatic heterocycles. The van der Waals surface area contributed by atoms with E-state index in [0.717, 1.165) is 11.1 Å². The number of amides is 4. The first-order valence-electron chi connectivity index (χ1n) is 11.6. The monoisotopic (exact) mass is 482 g/mol. The summed E-state index contributed by atoms with van der Waals surface area (Å²) >= 11 is 0. The highest BCUT2D eigenvalue weighted by molar-refractivity contribution is 5.96. The maximum atomic E-state index is 12.6. The van der Waals surface area contributed by atoms with E-state index in [0.29, 0.717) is 25.2 Å². The van der Waals surface area contributed by atoms with Crippen molar-refractivity contribution >= 4 is 29.5 Å². The molecule has 0 saturated carbocycles. The fourth-order valence-corrected chi connectivity index (χ4v) is 3.19. The average Bonchev–Trinajstić information content (AvgIpc) is 2.82. The summed E-state index contributed by atoms with van der Waals surface area (Å²) in [7, 11) is 0. The molecule has 4 amide bonds. The summed E-state index contributed by atoms with van der Waals surface area (Å²) < 4.78 is 5.18. The Kier molecular flexibility index (Phi) is 10.7. The molecule has 188 valence electrons. The number of ether oxygens (including phenoxy) is 1. The zero-order valence-electron chi connectivity index (χ0n) is 20.7. The Labute approximate surface area is 206 Å². The molecule has 9 nitrogen and oxygen atoms in total. The Hall–Kier alpha value is -3.88. The molecular weight excluding hydrogens is 448 g/mol. The van der Waals surface area contributed by atoms with Crippen LogP contribution in [0, 0.1) is 6.92 Å². The molecule has 0 saturated heterocycles. The van der Waals surface area contributed by atoms with E-state index < -0.39 is 18.5 Å². The van der Waals surface area contributed by atoms with E-state index in [-0.39, 0.29) is 30.1 Å². The van der Waals surface area contributed by atoms with Gasteiger partial charge in [-0.05, 0) is 56.5 Å². The number of esters is 1. The summed E-state index contributed by atoms with van der Waals surface area (Å²) in [6.45, 7) is 7.59. The summed E-state index contributed by atoms with van der Waals surface area (Å²) in [6, 6.07) is 13.7. The maximum Gasteiger partial charge on any atom is 0.338 e. The topological polar surface area (TPSA) is 117 Å². The first-order valence-corrected chi connectivity index (χ1v) is 11.6. The van der Waals surface area contributed by atoms with Crippen molar-refractivity contribution in [2.75, 3.05) is 25.0 Å². The van der Waals surface area contributed by atoms with Gasteiger partial charge in [-0.15, -0.1) is 0 Å². The predicted octanol–water partition coefficient (Wildman–Crippen LogP) is 3.24. The van der Waals surface area contributed by atoms with Crippen LogP contribution in [0.3, 0.4) is 0 Å². The van der Waals surface area contributed by atoms with E-state index in [9.17, 15) is 19.2 Å². The molecule has 0 heterocycles. The summed E-state index contributed by atoms with van der Waals surface area (Å²) in [4.78, 5) is 50.5. The van der Waals surface area contributed by atoms with E-state index in [4.69, 9.17) is 4.74 Å². The van der Waals surface area contributed by atoms with Gasteiger partial charge >= 0.3 is 12.0 Å². The van der Waals surface area contributed by atoms with Crippen molar-refractivity contribution in [1.82, 2.24) is 15.5 Å². The molecule has 0 unspecified atom stereocenters. The van der Waals surface area contributed by atoms with Gasteiger partial charge in [0, 0.05) is 24.8 Å². The van der Waals surface area contributed by atoms with Gasteiger partial charge in [0.25, 0.3) is 5.91 Å². The summed E-state index contributed by atoms with van der Waals surface area (Å²) in [5, 5.41) is 8.26. The van der Waals surface area contributed by atoms with Crippen molar-refractivity contribution in [1.29, 1.82) is 0 Å². The van der Waals surface area contributed by atoms with Gasteiger partial charge in [0.05, 0.1) is 12.1 Å². The minimum atomic E-state index is -0.642. The first-order chi connectivity index (χ1) is 16.7. The molecule has 3 N–H and O–H groups in total. The highest BCUT2D eigenvalue weighted by Gasteiger charge is 2.19. The molecule has 0 radical (unpaired) electrons. The quantitative estimate of drug-likeness (QED) is 0.425. The minimum absolute atomic E-state index is 0.0329. The van der Waals surface area contributed by atoms with Gasteiger partial charge in [0.15, 0.2) is 6.61 Å². The maximum absolute atomic E-state index is 12.6. The van der Waals surface area contributed by atoms with Gasteiger partial charge < -0.3 is 25.6 Å². The summed E-state index contributed by atoms with van der Waals surface area (Å²) in [5.41, 5.74) is 2.70. The molecule has 0 atom stereocenters. The van der Waals surface area contributed by atoms with Gasteiger partial charge in [0.1, 0.15) is 0 Å². The van der Waals surface area contributed by atoms with E-state index in [2.05, 4.69) is 16.0 Å². The van der Waals surface area contributed by atoms with Crippen LogP contribution in [0.15, 0.2) is 48.5 Å². The molecule has 9 heteroatoms. The first kappa shape index (κ1) is 27.4. The summed E-state index contributed by atoms with van der Waals surface area (Å²) in [5.74, 6) is -1.41. The van der Waals surface area contributed by atoms with E-state index >= 15 is 0 Å². The summed E-state index contributed by atoms with van der Waals surface area (Å²) in [6.07, 6.45) is 0.655. The number of carbonyl (C=O) groups excluding carboxylic acids is 4. The number of para-hydroxylation sites is 1. The van der Waals surface area contributed by atoms with Crippen molar-refractivity contribution in [3.63, 3.8) is 0 Å². The van der Waals surface area contributed by atoms with Crippen molar-refractivity contribution in [3.05, 3.63) is 65.2 Å². The third-order valence-corrected chi connectivity index (χ3v) is 4.99. The lowest BCUT2D eigenvalue weighted by atomic mass is 10.1. The third-order valence-electron chi connectivity index (χ3n) is 4.99. The molecule has 35 heavy (non-hydrogen) atoms. The van der Waals surface area contributed by atoms with Crippen molar-refractivity contribution in [3.8, 4) is 0 Å². The van der Waals surface area contributed by atoms with E-state index in [1.165, 1.54) is 4.90 Å². The van der Waals surface area contributed by atoms with Crippen LogP contribution in [0.4, 0.5) is 10.5 Å². The number of nitrogens with one attached hydrogen (secondary N) is 3. The Balaban J connectivity index is 1.85. The normalized spacial score (nSPS) is 10.4. The molecule has 0 aliphatic heterocycles. The number of hydrogen-bond donors (Lipinski definition) is 3.